The molecule has 0 fully saturated rings. The van der Waals surface area contributed by atoms with Gasteiger partial charge in [0.2, 0.25) is 5.91 Å². The predicted molar refractivity (Wildman–Crippen MR) is 125 cm³/mol. The third-order valence-corrected chi connectivity index (χ3v) is 5.97. The topological polar surface area (TPSA) is 73.4 Å². The van der Waals surface area contributed by atoms with Crippen molar-refractivity contribution < 1.29 is 18.3 Å². The van der Waals surface area contributed by atoms with E-state index in [-0.39, 0.29) is 17.5 Å². The highest BCUT2D eigenvalue weighted by atomic mass is 32.2. The summed E-state index contributed by atoms with van der Waals surface area (Å²) in [6.45, 7) is 2.77. The molecule has 7 nitrogen and oxygen atoms in total. The Morgan fingerprint density at radius 1 is 1.15 bits per heavy atom. The Labute approximate surface area is 195 Å². The van der Waals surface area contributed by atoms with E-state index in [4.69, 9.17) is 9.15 Å². The van der Waals surface area contributed by atoms with E-state index >= 15 is 0 Å². The molecule has 0 unspecified atom stereocenters. The molecule has 4 aromatic rings. The van der Waals surface area contributed by atoms with E-state index < -0.39 is 0 Å². The van der Waals surface area contributed by atoms with E-state index in [2.05, 4.69) is 10.2 Å². The first-order valence-electron chi connectivity index (χ1n) is 10.4. The molecule has 170 valence electrons. The second-order valence-corrected chi connectivity index (χ2v) is 8.05. The van der Waals surface area contributed by atoms with Gasteiger partial charge in [-0.3, -0.25) is 9.36 Å². The van der Waals surface area contributed by atoms with Gasteiger partial charge in [0, 0.05) is 17.8 Å². The number of nitrogens with zero attached hydrogens (tertiary/aromatic N) is 4. The molecule has 0 saturated heterocycles. The third-order valence-electron chi connectivity index (χ3n) is 5.02. The lowest BCUT2D eigenvalue weighted by Gasteiger charge is -2.20. The number of carbonyl (C=O) groups is 1. The zero-order valence-corrected chi connectivity index (χ0v) is 19.1. The monoisotopic (exact) mass is 466 g/mol. The van der Waals surface area contributed by atoms with Gasteiger partial charge in [-0.2, -0.15) is 0 Å². The Morgan fingerprint density at radius 3 is 2.67 bits per heavy atom. The van der Waals surface area contributed by atoms with Crippen LogP contribution in [0, 0.1) is 5.82 Å². The molecule has 0 bridgehead atoms. The molecule has 1 amide bonds. The van der Waals surface area contributed by atoms with E-state index in [0.29, 0.717) is 35.5 Å². The van der Waals surface area contributed by atoms with Gasteiger partial charge in [-0.1, -0.05) is 23.9 Å². The molecule has 0 aliphatic heterocycles. The molecule has 2 aromatic carbocycles. The fourth-order valence-electron chi connectivity index (χ4n) is 3.40. The summed E-state index contributed by atoms with van der Waals surface area (Å²) in [7, 11) is 1.61. The van der Waals surface area contributed by atoms with E-state index in [9.17, 15) is 9.18 Å². The van der Waals surface area contributed by atoms with Crippen LogP contribution in [0.5, 0.6) is 5.75 Å². The highest BCUT2D eigenvalue weighted by Crippen LogP contribution is 2.28. The number of carbonyl (C=O) groups excluding carboxylic acids is 1. The molecule has 0 saturated carbocycles. The SMILES string of the molecule is CCN(C(=O)CSc1nnc(-c2cccc(OC)c2)n1Cc1ccco1)c1ccc(F)cc1. The smallest absolute Gasteiger partial charge is 0.237 e. The maximum atomic E-state index is 13.3. The van der Waals surface area contributed by atoms with Crippen molar-refractivity contribution in [3.8, 4) is 17.1 Å². The van der Waals surface area contributed by atoms with Crippen LogP contribution in [0.3, 0.4) is 0 Å². The number of anilines is 1. The molecule has 2 aromatic heterocycles. The molecular formula is C24H23FN4O3S. The summed E-state index contributed by atoms with van der Waals surface area (Å²) in [4.78, 5) is 14.6. The van der Waals surface area contributed by atoms with Crippen LogP contribution < -0.4 is 9.64 Å². The second kappa shape index (κ2) is 10.4. The standard InChI is InChI=1S/C24H23FN4O3S/c1-3-28(19-11-9-18(25)10-12-19)22(30)16-33-24-27-26-23(17-6-4-7-20(14-17)31-2)29(24)15-21-8-5-13-32-21/h4-14H,3,15-16H2,1-2H3. The number of methoxy groups -OCH3 is 1. The highest BCUT2D eigenvalue weighted by Gasteiger charge is 2.20. The van der Waals surface area contributed by atoms with Crippen LogP contribution in [0.15, 0.2) is 76.5 Å². The molecular weight excluding hydrogens is 443 g/mol. The van der Waals surface area contributed by atoms with Crippen molar-refractivity contribution in [1.82, 2.24) is 14.8 Å². The lowest BCUT2D eigenvalue weighted by Crippen LogP contribution is -2.32. The fraction of sp³-hybridized carbons (Fsp3) is 0.208. The summed E-state index contributed by atoms with van der Waals surface area (Å²) in [5.74, 6) is 1.80. The minimum Gasteiger partial charge on any atom is -0.497 e. The third kappa shape index (κ3) is 5.25. The van der Waals surface area contributed by atoms with Crippen molar-refractivity contribution in [3.05, 3.63) is 78.5 Å². The molecule has 0 spiro atoms. The van der Waals surface area contributed by atoms with E-state index in [0.717, 1.165) is 11.3 Å². The van der Waals surface area contributed by atoms with Crippen molar-refractivity contribution >= 4 is 23.4 Å². The minimum absolute atomic E-state index is 0.107. The normalized spacial score (nSPS) is 10.9. The average molecular weight is 467 g/mol. The van der Waals surface area contributed by atoms with Crippen molar-refractivity contribution in [3.63, 3.8) is 0 Å². The number of thioether (sulfide) groups is 1. The number of aromatic nitrogens is 3. The lowest BCUT2D eigenvalue weighted by atomic mass is 10.2. The van der Waals surface area contributed by atoms with Gasteiger partial charge in [-0.15, -0.1) is 10.2 Å². The Balaban J connectivity index is 1.58. The van der Waals surface area contributed by atoms with E-state index in [1.807, 2.05) is 47.9 Å². The molecule has 0 aliphatic rings. The number of amides is 1. The maximum Gasteiger partial charge on any atom is 0.237 e. The molecule has 0 atom stereocenters. The quantitative estimate of drug-likeness (QED) is 0.328. The summed E-state index contributed by atoms with van der Waals surface area (Å²) in [6, 6.07) is 17.2. The van der Waals surface area contributed by atoms with Gasteiger partial charge in [0.25, 0.3) is 0 Å². The molecule has 0 radical (unpaired) electrons. The Hall–Kier alpha value is -3.59. The van der Waals surface area contributed by atoms with Crippen LogP contribution in [-0.2, 0) is 11.3 Å². The first-order chi connectivity index (χ1) is 16.1. The number of benzene rings is 2. The van der Waals surface area contributed by atoms with Gasteiger partial charge in [0.1, 0.15) is 17.3 Å². The number of furan rings is 1. The van der Waals surface area contributed by atoms with Crippen molar-refractivity contribution in [2.45, 2.75) is 18.6 Å². The van der Waals surface area contributed by atoms with Gasteiger partial charge in [0.15, 0.2) is 11.0 Å². The first kappa shape index (κ1) is 22.6. The van der Waals surface area contributed by atoms with Crippen molar-refractivity contribution in [2.24, 2.45) is 0 Å². The summed E-state index contributed by atoms with van der Waals surface area (Å²) >= 11 is 1.30. The minimum atomic E-state index is -0.340. The number of hydrogen-bond acceptors (Lipinski definition) is 6. The van der Waals surface area contributed by atoms with Gasteiger partial charge in [-0.05, 0) is 55.5 Å². The summed E-state index contributed by atoms with van der Waals surface area (Å²) in [5.41, 5.74) is 1.49. The van der Waals surface area contributed by atoms with Gasteiger partial charge >= 0.3 is 0 Å². The van der Waals surface area contributed by atoms with Crippen molar-refractivity contribution in [1.29, 1.82) is 0 Å². The Kier molecular flexibility index (Phi) is 7.09. The zero-order valence-electron chi connectivity index (χ0n) is 18.3. The largest absolute Gasteiger partial charge is 0.497 e. The van der Waals surface area contributed by atoms with Gasteiger partial charge in [0.05, 0.1) is 25.7 Å². The van der Waals surface area contributed by atoms with Crippen LogP contribution in [0.4, 0.5) is 10.1 Å². The Bertz CT molecular complexity index is 1210. The van der Waals surface area contributed by atoms with Crippen LogP contribution in [0.1, 0.15) is 12.7 Å². The first-order valence-corrected chi connectivity index (χ1v) is 11.4. The summed E-state index contributed by atoms with van der Waals surface area (Å²) in [5, 5.41) is 9.32. The second-order valence-electron chi connectivity index (χ2n) is 7.11. The molecule has 0 aliphatic carbocycles. The molecule has 0 N–H and O–H groups in total. The molecule has 4 rings (SSSR count). The average Bonchev–Trinajstić information content (AvgIpc) is 3.50. The number of hydrogen-bond donors (Lipinski definition) is 0. The highest BCUT2D eigenvalue weighted by molar-refractivity contribution is 7.99. The number of ether oxygens (including phenoxy) is 1. The number of rotatable bonds is 9. The van der Waals surface area contributed by atoms with Gasteiger partial charge in [-0.25, -0.2) is 4.39 Å². The molecule has 9 heteroatoms. The van der Waals surface area contributed by atoms with Crippen LogP contribution in [0.2, 0.25) is 0 Å². The fourth-order valence-corrected chi connectivity index (χ4v) is 4.21. The molecule has 2 heterocycles. The Morgan fingerprint density at radius 2 is 1.97 bits per heavy atom. The van der Waals surface area contributed by atoms with Crippen LogP contribution >= 0.6 is 11.8 Å². The van der Waals surface area contributed by atoms with Crippen LogP contribution in [-0.4, -0.2) is 40.1 Å². The van der Waals surface area contributed by atoms with Gasteiger partial charge < -0.3 is 14.1 Å². The predicted octanol–water partition coefficient (Wildman–Crippen LogP) is 4.88. The van der Waals surface area contributed by atoms with Crippen molar-refractivity contribution in [2.75, 3.05) is 24.3 Å². The van der Waals surface area contributed by atoms with E-state index in [1.54, 1.807) is 30.4 Å². The summed E-state index contributed by atoms with van der Waals surface area (Å²) in [6.07, 6.45) is 1.61. The number of halogens is 1. The molecule has 33 heavy (non-hydrogen) atoms. The van der Waals surface area contributed by atoms with E-state index in [1.165, 1.54) is 23.9 Å². The summed E-state index contributed by atoms with van der Waals surface area (Å²) < 4.78 is 26.1. The van der Waals surface area contributed by atoms with Crippen LogP contribution in [0.25, 0.3) is 11.4 Å². The zero-order chi connectivity index (χ0) is 23.2. The lowest BCUT2D eigenvalue weighted by molar-refractivity contribution is -0.116. The maximum absolute atomic E-state index is 13.3.